The third-order valence-corrected chi connectivity index (χ3v) is 7.73. The number of fused-ring (bicyclic) bond motifs is 2. The molecule has 2 aliphatic heterocycles. The Morgan fingerprint density at radius 1 is 0.821 bits per heavy atom. The Morgan fingerprint density at radius 3 is 1.77 bits per heavy atom. The summed E-state index contributed by atoms with van der Waals surface area (Å²) in [5.41, 5.74) is 7.62. The highest BCUT2D eigenvalue weighted by Gasteiger charge is 2.28. The van der Waals surface area contributed by atoms with Gasteiger partial charge in [0.05, 0.1) is 25.3 Å². The summed E-state index contributed by atoms with van der Waals surface area (Å²) in [6, 6.07) is 10.6. The minimum atomic E-state index is -0.548. The van der Waals surface area contributed by atoms with Crippen LogP contribution >= 0.6 is 0 Å². The summed E-state index contributed by atoms with van der Waals surface area (Å²) in [5, 5.41) is 21.4. The molecule has 3 aromatic rings. The third-order valence-electron chi connectivity index (χ3n) is 7.73. The lowest BCUT2D eigenvalue weighted by molar-refractivity contribution is -0.159. The molecule has 17 heteroatoms. The first kappa shape index (κ1) is 44.5. The summed E-state index contributed by atoms with van der Waals surface area (Å²) in [5.74, 6) is 1.55. The average Bonchev–Trinajstić information content (AvgIpc) is 3.63. The summed E-state index contributed by atoms with van der Waals surface area (Å²) in [4.78, 5) is 49.0. The van der Waals surface area contributed by atoms with E-state index in [9.17, 15) is 19.2 Å². The highest BCUT2D eigenvalue weighted by atomic mass is 16.6. The number of carbonyl (C=O) groups is 4. The van der Waals surface area contributed by atoms with Gasteiger partial charge in [-0.25, -0.2) is 9.59 Å². The zero-order valence-corrected chi connectivity index (χ0v) is 33.5. The van der Waals surface area contributed by atoms with Crippen molar-refractivity contribution in [3.8, 4) is 22.9 Å². The lowest BCUT2D eigenvalue weighted by Gasteiger charge is -2.28. The number of carbonyl (C=O) groups excluding carboxylic acids is 4. The zero-order chi connectivity index (χ0) is 41.6. The molecular formula is C39H54N6O11. The van der Waals surface area contributed by atoms with Crippen molar-refractivity contribution < 1.29 is 52.6 Å². The van der Waals surface area contributed by atoms with Crippen molar-refractivity contribution in [1.29, 1.82) is 0 Å². The van der Waals surface area contributed by atoms with Crippen LogP contribution in [0, 0.1) is 0 Å². The summed E-state index contributed by atoms with van der Waals surface area (Å²) < 4.78 is 31.4. The third kappa shape index (κ3) is 14.1. The topological polar surface area (TPSA) is 236 Å². The van der Waals surface area contributed by atoms with Crippen LogP contribution in [0.5, 0.6) is 11.5 Å². The molecule has 2 amide bonds. The van der Waals surface area contributed by atoms with Crippen molar-refractivity contribution in [3.63, 3.8) is 0 Å². The number of amidine groups is 1. The smallest absolute Gasteiger partial charge is 0.408 e. The SMILES string of the molecule is CC(C)(C)OC(=O)NC1CCOc2cc(C(N)=NO)ccc21.CCC(=O)OC(=O)CC.CCc1nc(-c2ccc3c(c2)OCCC3NC(=O)OC(C)(C)C)no1. The molecule has 1 aromatic heterocycles. The lowest BCUT2D eigenvalue weighted by Crippen LogP contribution is -2.36. The standard InChI is InChI=1S/C18H23N3O4.C15H21N3O4.C6H10O3/c1-5-15-20-16(21-25-15)11-6-7-12-13(8-9-23-14(12)10-11)19-17(22)24-18(2,3)4;1-15(2,3)22-14(19)17-11-6-7-21-12-8-9(13(16)18-20)4-5-10(11)12;1-3-5(7)9-6(8)4-2/h6-7,10,13H,5,8-9H2,1-4H3,(H,19,22);4-5,8,11,20H,6-7H2,1-3H3,(H2,16,18)(H,17,19);3-4H2,1-2H3. The van der Waals surface area contributed by atoms with Gasteiger partial charge >= 0.3 is 24.1 Å². The van der Waals surface area contributed by atoms with Gasteiger partial charge in [-0.1, -0.05) is 55.3 Å². The molecule has 0 fully saturated rings. The first-order chi connectivity index (χ1) is 26.4. The van der Waals surface area contributed by atoms with Gasteiger partial charge in [-0.3, -0.25) is 9.59 Å². The molecule has 2 aliphatic rings. The molecule has 2 aromatic carbocycles. The lowest BCUT2D eigenvalue weighted by atomic mass is 9.98. The maximum atomic E-state index is 12.1. The summed E-state index contributed by atoms with van der Waals surface area (Å²) >= 11 is 0. The number of hydrogen-bond donors (Lipinski definition) is 4. The van der Waals surface area contributed by atoms with Gasteiger partial charge < -0.3 is 49.8 Å². The van der Waals surface area contributed by atoms with Gasteiger partial charge in [0.1, 0.15) is 22.7 Å². The second-order valence-corrected chi connectivity index (χ2v) is 14.6. The molecule has 17 nitrogen and oxygen atoms in total. The molecule has 5 N–H and O–H groups in total. The summed E-state index contributed by atoms with van der Waals surface area (Å²) in [7, 11) is 0. The maximum absolute atomic E-state index is 12.1. The quantitative estimate of drug-likeness (QED) is 0.0373. The fourth-order valence-corrected chi connectivity index (χ4v) is 5.12. The van der Waals surface area contributed by atoms with Crippen LogP contribution in [0.15, 0.2) is 46.1 Å². The molecule has 3 heterocycles. The van der Waals surface area contributed by atoms with Gasteiger partial charge in [0.15, 0.2) is 5.84 Å². The molecular weight excluding hydrogens is 728 g/mol. The molecule has 2 atom stereocenters. The van der Waals surface area contributed by atoms with Crippen LogP contribution in [-0.4, -0.2) is 69.7 Å². The first-order valence-corrected chi connectivity index (χ1v) is 18.4. The number of benzene rings is 2. The Bertz CT molecular complexity index is 1830. The molecule has 0 saturated carbocycles. The average molecular weight is 783 g/mol. The predicted molar refractivity (Wildman–Crippen MR) is 204 cm³/mol. The van der Waals surface area contributed by atoms with Gasteiger partial charge in [0.2, 0.25) is 11.7 Å². The van der Waals surface area contributed by atoms with E-state index in [-0.39, 0.29) is 30.8 Å². The second kappa shape index (κ2) is 20.2. The Balaban J connectivity index is 0.000000249. The molecule has 5 rings (SSSR count). The highest BCUT2D eigenvalue weighted by molar-refractivity contribution is 5.97. The van der Waals surface area contributed by atoms with Crippen LogP contribution in [0.4, 0.5) is 9.59 Å². The van der Waals surface area contributed by atoms with E-state index in [1.807, 2.05) is 66.7 Å². The van der Waals surface area contributed by atoms with Crippen LogP contribution in [0.1, 0.15) is 123 Å². The molecule has 306 valence electrons. The van der Waals surface area contributed by atoms with E-state index in [0.717, 1.165) is 16.7 Å². The number of amides is 2. The first-order valence-electron chi connectivity index (χ1n) is 18.4. The molecule has 0 spiro atoms. The van der Waals surface area contributed by atoms with E-state index in [1.54, 1.807) is 32.0 Å². The minimum absolute atomic E-state index is 0.00799. The number of nitrogens with one attached hydrogen (secondary N) is 2. The van der Waals surface area contributed by atoms with Crippen LogP contribution in [0.2, 0.25) is 0 Å². The van der Waals surface area contributed by atoms with Crippen molar-refractivity contribution in [3.05, 3.63) is 59.0 Å². The van der Waals surface area contributed by atoms with Crippen LogP contribution < -0.4 is 25.8 Å². The van der Waals surface area contributed by atoms with Crippen molar-refractivity contribution >= 4 is 30.0 Å². The maximum Gasteiger partial charge on any atom is 0.408 e. The number of aryl methyl sites for hydroxylation is 1. The van der Waals surface area contributed by atoms with E-state index in [2.05, 4.69) is 30.7 Å². The minimum Gasteiger partial charge on any atom is -0.493 e. The van der Waals surface area contributed by atoms with Crippen LogP contribution in [-0.2, 0) is 30.2 Å². The number of ether oxygens (including phenoxy) is 5. The van der Waals surface area contributed by atoms with E-state index in [4.69, 9.17) is 34.4 Å². The number of nitrogens with zero attached hydrogens (tertiary/aromatic N) is 3. The number of oxime groups is 1. The number of esters is 2. The van der Waals surface area contributed by atoms with Crippen LogP contribution in [0.3, 0.4) is 0 Å². The van der Waals surface area contributed by atoms with E-state index < -0.39 is 35.3 Å². The number of rotatable bonds is 7. The van der Waals surface area contributed by atoms with Gasteiger partial charge in [0.25, 0.3) is 0 Å². The fraction of sp³-hybridized carbons (Fsp3) is 0.513. The van der Waals surface area contributed by atoms with Crippen molar-refractivity contribution in [2.24, 2.45) is 10.9 Å². The van der Waals surface area contributed by atoms with Gasteiger partial charge in [-0.2, -0.15) is 4.98 Å². The van der Waals surface area contributed by atoms with E-state index >= 15 is 0 Å². The molecule has 56 heavy (non-hydrogen) atoms. The second-order valence-electron chi connectivity index (χ2n) is 14.6. The zero-order valence-electron chi connectivity index (χ0n) is 33.5. The molecule has 0 aliphatic carbocycles. The Hall–Kier alpha value is -5.87. The normalized spacial score (nSPS) is 16.0. The van der Waals surface area contributed by atoms with Crippen LogP contribution in [0.25, 0.3) is 11.4 Å². The molecule has 2 unspecified atom stereocenters. The molecule has 0 bridgehead atoms. The Labute approximate surface area is 326 Å². The van der Waals surface area contributed by atoms with Crippen molar-refractivity contribution in [2.75, 3.05) is 13.2 Å². The van der Waals surface area contributed by atoms with Crippen molar-refractivity contribution in [1.82, 2.24) is 20.8 Å². The number of hydrogen-bond acceptors (Lipinski definition) is 14. The Kier molecular flexibility index (Phi) is 16.0. The number of nitrogens with two attached hydrogens (primary N) is 1. The number of alkyl carbamates (subject to hydrolysis) is 2. The number of aromatic nitrogens is 2. The highest BCUT2D eigenvalue weighted by Crippen LogP contribution is 2.36. The van der Waals surface area contributed by atoms with Gasteiger partial charge in [-0.15, -0.1) is 0 Å². The fourth-order valence-electron chi connectivity index (χ4n) is 5.12. The van der Waals surface area contributed by atoms with Gasteiger partial charge in [-0.05, 0) is 53.7 Å². The molecule has 0 radical (unpaired) electrons. The monoisotopic (exact) mass is 782 g/mol. The molecule has 0 saturated heterocycles. The van der Waals surface area contributed by atoms with E-state index in [1.165, 1.54) is 0 Å². The largest absolute Gasteiger partial charge is 0.493 e. The Morgan fingerprint density at radius 2 is 1.32 bits per heavy atom. The van der Waals surface area contributed by atoms with E-state index in [0.29, 0.717) is 61.3 Å². The summed E-state index contributed by atoms with van der Waals surface area (Å²) in [6.07, 6.45) is 1.64. The predicted octanol–water partition coefficient (Wildman–Crippen LogP) is 6.65. The summed E-state index contributed by atoms with van der Waals surface area (Å²) in [6.45, 7) is 17.2. The van der Waals surface area contributed by atoms with Crippen molar-refractivity contribution in [2.45, 2.75) is 118 Å². The van der Waals surface area contributed by atoms with Gasteiger partial charge in [0, 0.05) is 54.4 Å².